The standard InChI is InChI=1S/C19H31NO3/c1-5-8-9-14-19(4,23-15-6-2)18(21)20-16-10-12-17(13-11-16)22-7-3/h10-13H,5-9,14-15H2,1-4H3,(H,20,21)/t19-/m1/s1. The highest BCUT2D eigenvalue weighted by Crippen LogP contribution is 2.23. The summed E-state index contributed by atoms with van der Waals surface area (Å²) in [5, 5.41) is 2.97. The van der Waals surface area contributed by atoms with Gasteiger partial charge >= 0.3 is 0 Å². The number of nitrogens with one attached hydrogen (secondary N) is 1. The second-order valence-electron chi connectivity index (χ2n) is 5.95. The Hall–Kier alpha value is -1.55. The molecule has 0 radical (unpaired) electrons. The lowest BCUT2D eigenvalue weighted by Gasteiger charge is -2.28. The molecule has 0 aliphatic heterocycles. The van der Waals surface area contributed by atoms with E-state index < -0.39 is 5.60 Å². The van der Waals surface area contributed by atoms with Crippen molar-refractivity contribution in [3.8, 4) is 5.75 Å². The van der Waals surface area contributed by atoms with Gasteiger partial charge < -0.3 is 14.8 Å². The van der Waals surface area contributed by atoms with Gasteiger partial charge in [0.1, 0.15) is 11.4 Å². The molecule has 1 aromatic rings. The maximum absolute atomic E-state index is 12.7. The van der Waals surface area contributed by atoms with Crippen molar-refractivity contribution in [2.24, 2.45) is 0 Å². The Labute approximate surface area is 140 Å². The first-order valence-electron chi connectivity index (χ1n) is 8.74. The van der Waals surface area contributed by atoms with Crippen LogP contribution in [0.5, 0.6) is 5.75 Å². The Kier molecular flexibility index (Phi) is 8.70. The molecule has 0 unspecified atom stereocenters. The predicted molar refractivity (Wildman–Crippen MR) is 95.0 cm³/mol. The first-order valence-corrected chi connectivity index (χ1v) is 8.74. The van der Waals surface area contributed by atoms with Gasteiger partial charge in [-0.3, -0.25) is 4.79 Å². The van der Waals surface area contributed by atoms with Crippen molar-refractivity contribution in [2.45, 2.75) is 65.4 Å². The fraction of sp³-hybridized carbons (Fsp3) is 0.632. The number of hydrogen-bond donors (Lipinski definition) is 1. The van der Waals surface area contributed by atoms with Crippen molar-refractivity contribution in [1.82, 2.24) is 0 Å². The first kappa shape index (κ1) is 19.5. The molecule has 0 bridgehead atoms. The molecule has 1 aromatic carbocycles. The second-order valence-corrected chi connectivity index (χ2v) is 5.95. The smallest absolute Gasteiger partial charge is 0.256 e. The van der Waals surface area contributed by atoms with E-state index in [-0.39, 0.29) is 5.91 Å². The van der Waals surface area contributed by atoms with Crippen molar-refractivity contribution in [1.29, 1.82) is 0 Å². The molecule has 0 aromatic heterocycles. The summed E-state index contributed by atoms with van der Waals surface area (Å²) in [6.07, 6.45) is 4.88. The van der Waals surface area contributed by atoms with Crippen LogP contribution in [0.1, 0.15) is 59.8 Å². The number of carbonyl (C=O) groups excluding carboxylic acids is 1. The van der Waals surface area contributed by atoms with Crippen LogP contribution in [0.2, 0.25) is 0 Å². The van der Waals surface area contributed by atoms with Crippen LogP contribution in [-0.4, -0.2) is 24.7 Å². The van der Waals surface area contributed by atoms with Crippen molar-refractivity contribution < 1.29 is 14.3 Å². The van der Waals surface area contributed by atoms with Crippen molar-refractivity contribution >= 4 is 11.6 Å². The van der Waals surface area contributed by atoms with E-state index in [1.165, 1.54) is 0 Å². The van der Waals surface area contributed by atoms with Crippen molar-refractivity contribution in [3.05, 3.63) is 24.3 Å². The van der Waals surface area contributed by atoms with Crippen LogP contribution in [0.25, 0.3) is 0 Å². The van der Waals surface area contributed by atoms with E-state index in [1.54, 1.807) is 0 Å². The summed E-state index contributed by atoms with van der Waals surface area (Å²) >= 11 is 0. The second kappa shape index (κ2) is 10.3. The minimum Gasteiger partial charge on any atom is -0.494 e. The average molecular weight is 321 g/mol. The third-order valence-corrected chi connectivity index (χ3v) is 3.79. The molecule has 1 N–H and O–H groups in total. The van der Waals surface area contributed by atoms with Gasteiger partial charge in [-0.1, -0.05) is 33.1 Å². The minimum atomic E-state index is -0.774. The molecule has 23 heavy (non-hydrogen) atoms. The molecule has 0 saturated heterocycles. The monoisotopic (exact) mass is 321 g/mol. The summed E-state index contributed by atoms with van der Waals surface area (Å²) in [5.41, 5.74) is -0.00990. The third-order valence-electron chi connectivity index (χ3n) is 3.79. The maximum Gasteiger partial charge on any atom is 0.256 e. The molecule has 1 atom stereocenters. The van der Waals surface area contributed by atoms with Gasteiger partial charge in [-0.05, 0) is 51.0 Å². The molecule has 0 aliphatic rings. The molecule has 0 spiro atoms. The topological polar surface area (TPSA) is 47.6 Å². The van der Waals surface area contributed by atoms with Gasteiger partial charge in [0.25, 0.3) is 5.91 Å². The number of hydrogen-bond acceptors (Lipinski definition) is 3. The van der Waals surface area contributed by atoms with Gasteiger partial charge in [0.2, 0.25) is 0 Å². The highest BCUT2D eigenvalue weighted by Gasteiger charge is 2.33. The average Bonchev–Trinajstić information content (AvgIpc) is 2.55. The van der Waals surface area contributed by atoms with E-state index in [0.717, 1.165) is 43.5 Å². The minimum absolute atomic E-state index is 0.0776. The van der Waals surface area contributed by atoms with Gasteiger partial charge in [-0.2, -0.15) is 0 Å². The largest absolute Gasteiger partial charge is 0.494 e. The molecule has 1 rings (SSSR count). The number of rotatable bonds is 11. The number of carbonyl (C=O) groups is 1. The number of unbranched alkanes of at least 4 members (excludes halogenated alkanes) is 2. The van der Waals surface area contributed by atoms with Gasteiger partial charge in [-0.25, -0.2) is 0 Å². The highest BCUT2D eigenvalue weighted by molar-refractivity contribution is 5.97. The van der Waals surface area contributed by atoms with Crippen molar-refractivity contribution in [2.75, 3.05) is 18.5 Å². The Morgan fingerprint density at radius 1 is 1.09 bits per heavy atom. The molecule has 130 valence electrons. The Morgan fingerprint density at radius 2 is 1.78 bits per heavy atom. The zero-order valence-corrected chi connectivity index (χ0v) is 15.0. The highest BCUT2D eigenvalue weighted by atomic mass is 16.5. The predicted octanol–water partition coefficient (Wildman–Crippen LogP) is 4.79. The molecule has 0 heterocycles. The van der Waals surface area contributed by atoms with E-state index in [9.17, 15) is 4.79 Å². The fourth-order valence-electron chi connectivity index (χ4n) is 2.36. The maximum atomic E-state index is 12.7. The Morgan fingerprint density at radius 3 is 2.35 bits per heavy atom. The Bertz CT molecular complexity index is 458. The lowest BCUT2D eigenvalue weighted by atomic mass is 9.96. The number of ether oxygens (including phenoxy) is 2. The summed E-state index contributed by atoms with van der Waals surface area (Å²) in [6.45, 7) is 9.27. The van der Waals surface area contributed by atoms with Crippen molar-refractivity contribution in [3.63, 3.8) is 0 Å². The van der Waals surface area contributed by atoms with E-state index in [4.69, 9.17) is 9.47 Å². The molecular formula is C19H31NO3. The number of benzene rings is 1. The molecule has 0 fully saturated rings. The lowest BCUT2D eigenvalue weighted by Crippen LogP contribution is -2.43. The molecule has 4 heteroatoms. The molecular weight excluding hydrogens is 290 g/mol. The van der Waals surface area contributed by atoms with Crippen LogP contribution >= 0.6 is 0 Å². The zero-order valence-electron chi connectivity index (χ0n) is 15.0. The summed E-state index contributed by atoms with van der Waals surface area (Å²) in [5.74, 6) is 0.727. The molecule has 0 aliphatic carbocycles. The number of anilines is 1. The molecule has 4 nitrogen and oxygen atoms in total. The SMILES string of the molecule is CCCCC[C@@](C)(OCCC)C(=O)Nc1ccc(OCC)cc1. The fourth-order valence-corrected chi connectivity index (χ4v) is 2.36. The van der Waals surface area contributed by atoms with Gasteiger partial charge in [-0.15, -0.1) is 0 Å². The number of amides is 1. The Balaban J connectivity index is 2.70. The lowest BCUT2D eigenvalue weighted by molar-refractivity contribution is -0.140. The van der Waals surface area contributed by atoms with Crippen LogP contribution in [0.4, 0.5) is 5.69 Å². The van der Waals surface area contributed by atoms with Crippen LogP contribution in [0, 0.1) is 0 Å². The van der Waals surface area contributed by atoms with E-state index in [1.807, 2.05) is 38.1 Å². The van der Waals surface area contributed by atoms with E-state index in [0.29, 0.717) is 13.2 Å². The quantitative estimate of drug-likeness (QED) is 0.596. The summed E-state index contributed by atoms with van der Waals surface area (Å²) < 4.78 is 11.3. The summed E-state index contributed by atoms with van der Waals surface area (Å²) in [7, 11) is 0. The van der Waals surface area contributed by atoms with E-state index in [2.05, 4.69) is 19.2 Å². The van der Waals surface area contributed by atoms with Gasteiger partial charge in [0.15, 0.2) is 0 Å². The van der Waals surface area contributed by atoms with Crippen LogP contribution in [0.15, 0.2) is 24.3 Å². The van der Waals surface area contributed by atoms with Crippen LogP contribution in [0.3, 0.4) is 0 Å². The van der Waals surface area contributed by atoms with Gasteiger partial charge in [0.05, 0.1) is 6.61 Å². The third kappa shape index (κ3) is 6.61. The van der Waals surface area contributed by atoms with Crippen LogP contribution in [-0.2, 0) is 9.53 Å². The normalized spacial score (nSPS) is 13.4. The van der Waals surface area contributed by atoms with Gasteiger partial charge in [0, 0.05) is 12.3 Å². The van der Waals surface area contributed by atoms with Crippen LogP contribution < -0.4 is 10.1 Å². The first-order chi connectivity index (χ1) is 11.1. The summed E-state index contributed by atoms with van der Waals surface area (Å²) in [6, 6.07) is 7.44. The molecule has 1 amide bonds. The van der Waals surface area contributed by atoms with E-state index >= 15 is 0 Å². The zero-order chi connectivity index (χ0) is 17.1. The summed E-state index contributed by atoms with van der Waals surface area (Å²) in [4.78, 5) is 12.7. The molecule has 0 saturated carbocycles.